The molecule has 3 aromatic rings. The molecule has 98 valence electrons. The van der Waals surface area contributed by atoms with Crippen LogP contribution in [0.4, 0.5) is 0 Å². The summed E-state index contributed by atoms with van der Waals surface area (Å²) in [6.07, 6.45) is 3.20. The van der Waals surface area contributed by atoms with Crippen LogP contribution >= 0.6 is 0 Å². The number of hydrogen-bond acceptors (Lipinski definition) is 1. The van der Waals surface area contributed by atoms with Gasteiger partial charge in [-0.15, -0.1) is 0 Å². The number of furan rings is 1. The van der Waals surface area contributed by atoms with E-state index < -0.39 is 0 Å². The first kappa shape index (κ1) is 12.3. The van der Waals surface area contributed by atoms with Crippen LogP contribution in [0.5, 0.6) is 0 Å². The molecule has 0 saturated heterocycles. The van der Waals surface area contributed by atoms with Gasteiger partial charge in [-0.2, -0.15) is 0 Å². The first-order valence-corrected chi connectivity index (χ1v) is 7.23. The minimum Gasteiger partial charge on any atom is -0.456 e. The largest absolute Gasteiger partial charge is 0.456 e. The monoisotopic (exact) mass is 252 g/mol. The van der Waals surface area contributed by atoms with E-state index in [4.69, 9.17) is 4.42 Å². The minimum atomic E-state index is 1.02. The van der Waals surface area contributed by atoms with Crippen molar-refractivity contribution in [2.24, 2.45) is 0 Å². The Morgan fingerprint density at radius 1 is 0.737 bits per heavy atom. The molecule has 19 heavy (non-hydrogen) atoms. The van der Waals surface area contributed by atoms with Crippen LogP contribution in [0.2, 0.25) is 0 Å². The summed E-state index contributed by atoms with van der Waals surface area (Å²) < 4.78 is 6.04. The van der Waals surface area contributed by atoms with Gasteiger partial charge in [0.1, 0.15) is 11.2 Å². The summed E-state index contributed by atoms with van der Waals surface area (Å²) in [7, 11) is 0. The van der Waals surface area contributed by atoms with Crippen LogP contribution in [0.3, 0.4) is 0 Å². The Labute approximate surface area is 114 Å². The molecule has 0 N–H and O–H groups in total. The molecule has 0 amide bonds. The maximum absolute atomic E-state index is 6.04. The van der Waals surface area contributed by atoms with Crippen LogP contribution in [0.25, 0.3) is 21.9 Å². The topological polar surface area (TPSA) is 13.1 Å². The Balaban J connectivity index is 2.33. The van der Waals surface area contributed by atoms with Gasteiger partial charge in [0, 0.05) is 10.8 Å². The van der Waals surface area contributed by atoms with E-state index in [1.165, 1.54) is 27.5 Å². The summed E-state index contributed by atoms with van der Waals surface area (Å²) in [6.45, 7) is 6.60. The van der Waals surface area contributed by atoms with Crippen molar-refractivity contribution in [2.45, 2.75) is 40.0 Å². The summed E-state index contributed by atoms with van der Waals surface area (Å²) in [5.41, 5.74) is 6.22. The van der Waals surface area contributed by atoms with Crippen LogP contribution in [-0.4, -0.2) is 0 Å². The van der Waals surface area contributed by atoms with Gasteiger partial charge in [0.2, 0.25) is 0 Å². The van der Waals surface area contributed by atoms with E-state index in [1.54, 1.807) is 0 Å². The Hall–Kier alpha value is -1.76. The Morgan fingerprint density at radius 2 is 1.42 bits per heavy atom. The summed E-state index contributed by atoms with van der Waals surface area (Å²) in [6, 6.07) is 11.1. The second-order valence-electron chi connectivity index (χ2n) is 5.11. The van der Waals surface area contributed by atoms with Crippen molar-refractivity contribution in [3.63, 3.8) is 0 Å². The summed E-state index contributed by atoms with van der Waals surface area (Å²) >= 11 is 0. The van der Waals surface area contributed by atoms with Gasteiger partial charge in [0.15, 0.2) is 0 Å². The van der Waals surface area contributed by atoms with Crippen molar-refractivity contribution in [1.29, 1.82) is 0 Å². The van der Waals surface area contributed by atoms with E-state index >= 15 is 0 Å². The Kier molecular flexibility index (Phi) is 3.06. The molecular weight excluding hydrogens is 232 g/mol. The molecule has 0 bridgehead atoms. The average molecular weight is 252 g/mol. The molecular formula is C18H20O. The van der Waals surface area contributed by atoms with Gasteiger partial charge in [0.05, 0.1) is 0 Å². The Bertz CT molecular complexity index is 734. The van der Waals surface area contributed by atoms with Crippen LogP contribution in [0.15, 0.2) is 34.7 Å². The molecule has 0 aliphatic carbocycles. The van der Waals surface area contributed by atoms with Gasteiger partial charge in [-0.1, -0.05) is 32.9 Å². The maximum atomic E-state index is 6.04. The number of hydrogen-bond donors (Lipinski definition) is 0. The van der Waals surface area contributed by atoms with E-state index in [2.05, 4.69) is 51.1 Å². The van der Waals surface area contributed by atoms with Gasteiger partial charge in [-0.25, -0.2) is 0 Å². The number of fused-ring (bicyclic) bond motifs is 3. The van der Waals surface area contributed by atoms with Crippen molar-refractivity contribution in [2.75, 3.05) is 0 Å². The van der Waals surface area contributed by atoms with Crippen molar-refractivity contribution >= 4 is 21.9 Å². The molecule has 0 unspecified atom stereocenters. The van der Waals surface area contributed by atoms with Crippen molar-refractivity contribution in [1.82, 2.24) is 0 Å². The lowest BCUT2D eigenvalue weighted by molar-refractivity contribution is 0.667. The van der Waals surface area contributed by atoms with E-state index in [9.17, 15) is 0 Å². The lowest BCUT2D eigenvalue weighted by Crippen LogP contribution is -1.89. The molecule has 0 spiro atoms. The third kappa shape index (κ3) is 1.94. The van der Waals surface area contributed by atoms with Crippen molar-refractivity contribution in [3.05, 3.63) is 47.0 Å². The highest BCUT2D eigenvalue weighted by atomic mass is 16.3. The van der Waals surface area contributed by atoms with E-state index in [0.717, 1.165) is 30.4 Å². The number of rotatable bonds is 3. The lowest BCUT2D eigenvalue weighted by Gasteiger charge is -2.04. The fraction of sp³-hybridized carbons (Fsp3) is 0.333. The fourth-order valence-electron chi connectivity index (χ4n) is 2.83. The molecule has 0 radical (unpaired) electrons. The summed E-state index contributed by atoms with van der Waals surface area (Å²) in [5.74, 6) is 0. The lowest BCUT2D eigenvalue weighted by atomic mass is 9.99. The van der Waals surface area contributed by atoms with Gasteiger partial charge in [0.25, 0.3) is 0 Å². The molecule has 0 aliphatic heterocycles. The second-order valence-corrected chi connectivity index (χ2v) is 5.11. The molecule has 1 aromatic heterocycles. The molecule has 1 heterocycles. The molecule has 3 rings (SSSR count). The maximum Gasteiger partial charge on any atom is 0.135 e. The van der Waals surface area contributed by atoms with Crippen LogP contribution in [0, 0.1) is 0 Å². The average Bonchev–Trinajstić information content (AvgIpc) is 2.81. The first-order chi connectivity index (χ1) is 9.26. The van der Waals surface area contributed by atoms with Crippen molar-refractivity contribution < 1.29 is 4.42 Å². The predicted octanol–water partition coefficient (Wildman–Crippen LogP) is 5.27. The predicted molar refractivity (Wildman–Crippen MR) is 81.9 cm³/mol. The van der Waals surface area contributed by atoms with Crippen molar-refractivity contribution in [3.8, 4) is 0 Å². The van der Waals surface area contributed by atoms with Crippen LogP contribution in [-0.2, 0) is 19.3 Å². The third-order valence-electron chi connectivity index (χ3n) is 4.03. The smallest absolute Gasteiger partial charge is 0.135 e. The standard InChI is InChI=1S/C18H20O/c1-4-12-7-8-15-16-10-13(5-2)14(6-3)11-18(16)19-17(15)9-12/h7-11H,4-6H2,1-3H3. The number of benzene rings is 2. The van der Waals surface area contributed by atoms with E-state index in [-0.39, 0.29) is 0 Å². The minimum absolute atomic E-state index is 1.02. The highest BCUT2D eigenvalue weighted by molar-refractivity contribution is 6.05. The zero-order valence-corrected chi connectivity index (χ0v) is 11.9. The summed E-state index contributed by atoms with van der Waals surface area (Å²) in [5, 5.41) is 2.50. The second kappa shape index (κ2) is 4.73. The quantitative estimate of drug-likeness (QED) is 0.618. The summed E-state index contributed by atoms with van der Waals surface area (Å²) in [4.78, 5) is 0. The van der Waals surface area contributed by atoms with Gasteiger partial charge in [-0.05, 0) is 54.2 Å². The fourth-order valence-corrected chi connectivity index (χ4v) is 2.83. The zero-order valence-electron chi connectivity index (χ0n) is 11.9. The third-order valence-corrected chi connectivity index (χ3v) is 4.03. The highest BCUT2D eigenvalue weighted by Crippen LogP contribution is 2.32. The molecule has 0 aliphatic rings. The molecule has 2 aromatic carbocycles. The molecule has 1 heteroatoms. The van der Waals surface area contributed by atoms with E-state index in [0.29, 0.717) is 0 Å². The van der Waals surface area contributed by atoms with Gasteiger partial charge >= 0.3 is 0 Å². The highest BCUT2D eigenvalue weighted by Gasteiger charge is 2.10. The Morgan fingerprint density at radius 3 is 2.11 bits per heavy atom. The molecule has 0 fully saturated rings. The normalized spacial score (nSPS) is 11.5. The zero-order chi connectivity index (χ0) is 13.4. The van der Waals surface area contributed by atoms with Gasteiger partial charge in [-0.3, -0.25) is 0 Å². The number of aryl methyl sites for hydroxylation is 3. The molecule has 1 nitrogen and oxygen atoms in total. The first-order valence-electron chi connectivity index (χ1n) is 7.23. The van der Waals surface area contributed by atoms with Crippen LogP contribution < -0.4 is 0 Å². The molecule has 0 atom stereocenters. The SMILES string of the molecule is CCc1ccc2c(c1)oc1cc(CC)c(CC)cc12. The molecule has 0 saturated carbocycles. The van der Waals surface area contributed by atoms with E-state index in [1.807, 2.05) is 0 Å². The van der Waals surface area contributed by atoms with Crippen LogP contribution in [0.1, 0.15) is 37.5 Å². The van der Waals surface area contributed by atoms with Gasteiger partial charge < -0.3 is 4.42 Å².